The molecule has 1 fully saturated rings. The fourth-order valence-corrected chi connectivity index (χ4v) is 2.33. The standard InChI is InChI=1S/C14H25N5/c1-4-13-11-14(17-12(2)16-13)18(3)9-10-19-7-5-15-6-8-19/h11,15H,4-10H2,1-3H3. The van der Waals surface area contributed by atoms with E-state index in [2.05, 4.69) is 45.1 Å². The first kappa shape index (κ1) is 14.2. The van der Waals surface area contributed by atoms with E-state index in [9.17, 15) is 0 Å². The molecule has 1 N–H and O–H groups in total. The Morgan fingerprint density at radius 1 is 1.32 bits per heavy atom. The van der Waals surface area contributed by atoms with Crippen molar-refractivity contribution in [1.82, 2.24) is 20.2 Å². The van der Waals surface area contributed by atoms with Crippen LogP contribution in [-0.2, 0) is 6.42 Å². The molecular formula is C14H25N5. The van der Waals surface area contributed by atoms with Crippen LogP contribution in [0.2, 0.25) is 0 Å². The number of nitrogens with zero attached hydrogens (tertiary/aromatic N) is 4. The second-order valence-electron chi connectivity index (χ2n) is 5.13. The number of hydrogen-bond donors (Lipinski definition) is 1. The second-order valence-corrected chi connectivity index (χ2v) is 5.13. The second kappa shape index (κ2) is 6.82. The molecule has 5 heteroatoms. The van der Waals surface area contributed by atoms with Crippen molar-refractivity contribution in [2.45, 2.75) is 20.3 Å². The van der Waals surface area contributed by atoms with Gasteiger partial charge >= 0.3 is 0 Å². The van der Waals surface area contributed by atoms with E-state index in [0.29, 0.717) is 0 Å². The Bertz CT molecular complexity index is 401. The highest BCUT2D eigenvalue weighted by Crippen LogP contribution is 2.11. The van der Waals surface area contributed by atoms with Gasteiger partial charge in [0.15, 0.2) is 0 Å². The molecule has 1 aliphatic rings. The molecule has 1 aromatic heterocycles. The summed E-state index contributed by atoms with van der Waals surface area (Å²) in [5, 5.41) is 3.38. The molecule has 19 heavy (non-hydrogen) atoms. The smallest absolute Gasteiger partial charge is 0.132 e. The van der Waals surface area contributed by atoms with E-state index in [1.165, 1.54) is 0 Å². The van der Waals surface area contributed by atoms with Gasteiger partial charge in [-0.2, -0.15) is 0 Å². The fraction of sp³-hybridized carbons (Fsp3) is 0.714. The summed E-state index contributed by atoms with van der Waals surface area (Å²) in [6.07, 6.45) is 0.960. The van der Waals surface area contributed by atoms with Gasteiger partial charge in [0, 0.05) is 58.1 Å². The number of rotatable bonds is 5. The summed E-state index contributed by atoms with van der Waals surface area (Å²) < 4.78 is 0. The predicted octanol–water partition coefficient (Wildman–Crippen LogP) is 0.689. The highest BCUT2D eigenvalue weighted by Gasteiger charge is 2.11. The van der Waals surface area contributed by atoms with Crippen molar-refractivity contribution in [3.05, 3.63) is 17.6 Å². The maximum atomic E-state index is 4.53. The van der Waals surface area contributed by atoms with E-state index in [1.807, 2.05) is 6.92 Å². The predicted molar refractivity (Wildman–Crippen MR) is 78.7 cm³/mol. The highest BCUT2D eigenvalue weighted by molar-refractivity contribution is 5.38. The summed E-state index contributed by atoms with van der Waals surface area (Å²) in [6.45, 7) is 10.7. The lowest BCUT2D eigenvalue weighted by atomic mass is 10.3. The molecule has 1 saturated heterocycles. The number of aromatic nitrogens is 2. The lowest BCUT2D eigenvalue weighted by Gasteiger charge is -2.29. The minimum Gasteiger partial charge on any atom is -0.358 e. The van der Waals surface area contributed by atoms with Gasteiger partial charge in [0.2, 0.25) is 0 Å². The third kappa shape index (κ3) is 4.14. The van der Waals surface area contributed by atoms with Crippen molar-refractivity contribution in [2.75, 3.05) is 51.2 Å². The van der Waals surface area contributed by atoms with E-state index in [0.717, 1.165) is 63.0 Å². The molecular weight excluding hydrogens is 238 g/mol. The number of aryl methyl sites for hydroxylation is 2. The van der Waals surface area contributed by atoms with Gasteiger partial charge < -0.3 is 10.2 Å². The Labute approximate surface area is 116 Å². The van der Waals surface area contributed by atoms with Gasteiger partial charge in [0.1, 0.15) is 11.6 Å². The molecule has 0 radical (unpaired) electrons. The first-order chi connectivity index (χ1) is 9.19. The maximum Gasteiger partial charge on any atom is 0.132 e. The van der Waals surface area contributed by atoms with E-state index in [1.54, 1.807) is 0 Å². The summed E-state index contributed by atoms with van der Waals surface area (Å²) in [4.78, 5) is 13.7. The molecule has 5 nitrogen and oxygen atoms in total. The van der Waals surface area contributed by atoms with Crippen LogP contribution in [0, 0.1) is 6.92 Å². The van der Waals surface area contributed by atoms with Gasteiger partial charge in [-0.1, -0.05) is 6.92 Å². The van der Waals surface area contributed by atoms with Crippen molar-refractivity contribution >= 4 is 5.82 Å². The molecule has 0 aliphatic carbocycles. The Balaban J connectivity index is 1.91. The monoisotopic (exact) mass is 263 g/mol. The summed E-state index contributed by atoms with van der Waals surface area (Å²) in [6, 6.07) is 2.10. The largest absolute Gasteiger partial charge is 0.358 e. The van der Waals surface area contributed by atoms with Crippen LogP contribution in [0.25, 0.3) is 0 Å². The molecule has 0 aromatic carbocycles. The molecule has 0 bridgehead atoms. The van der Waals surface area contributed by atoms with Crippen LogP contribution in [-0.4, -0.2) is 61.2 Å². The topological polar surface area (TPSA) is 44.3 Å². The molecule has 0 unspecified atom stereocenters. The number of nitrogens with one attached hydrogen (secondary N) is 1. The minimum absolute atomic E-state index is 0.864. The molecule has 0 saturated carbocycles. The van der Waals surface area contributed by atoms with E-state index < -0.39 is 0 Å². The number of likely N-dealkylation sites (N-methyl/N-ethyl adjacent to an activating group) is 1. The van der Waals surface area contributed by atoms with Gasteiger partial charge in [-0.05, 0) is 13.3 Å². The quantitative estimate of drug-likeness (QED) is 0.847. The van der Waals surface area contributed by atoms with Gasteiger partial charge in [0.25, 0.3) is 0 Å². The van der Waals surface area contributed by atoms with Crippen molar-refractivity contribution < 1.29 is 0 Å². The Morgan fingerprint density at radius 3 is 2.74 bits per heavy atom. The Morgan fingerprint density at radius 2 is 2.05 bits per heavy atom. The van der Waals surface area contributed by atoms with Crippen molar-refractivity contribution in [3.63, 3.8) is 0 Å². The summed E-state index contributed by atoms with van der Waals surface area (Å²) >= 11 is 0. The molecule has 1 aromatic rings. The third-order valence-electron chi connectivity index (χ3n) is 3.59. The fourth-order valence-electron chi connectivity index (χ4n) is 2.33. The number of anilines is 1. The van der Waals surface area contributed by atoms with Crippen molar-refractivity contribution in [2.24, 2.45) is 0 Å². The number of piperazine rings is 1. The maximum absolute atomic E-state index is 4.53. The van der Waals surface area contributed by atoms with Crippen LogP contribution in [0.15, 0.2) is 6.07 Å². The van der Waals surface area contributed by atoms with E-state index in [4.69, 9.17) is 0 Å². The van der Waals surface area contributed by atoms with Crippen LogP contribution >= 0.6 is 0 Å². The zero-order chi connectivity index (χ0) is 13.7. The Hall–Kier alpha value is -1.20. The molecule has 106 valence electrons. The highest BCUT2D eigenvalue weighted by atomic mass is 15.2. The first-order valence-corrected chi connectivity index (χ1v) is 7.18. The zero-order valence-electron chi connectivity index (χ0n) is 12.3. The first-order valence-electron chi connectivity index (χ1n) is 7.18. The molecule has 1 aliphatic heterocycles. The zero-order valence-corrected chi connectivity index (χ0v) is 12.3. The van der Waals surface area contributed by atoms with Crippen molar-refractivity contribution in [3.8, 4) is 0 Å². The average Bonchev–Trinajstić information content (AvgIpc) is 2.45. The van der Waals surface area contributed by atoms with Gasteiger partial charge in [0.05, 0.1) is 0 Å². The molecule has 0 atom stereocenters. The van der Waals surface area contributed by atoms with Gasteiger partial charge in [-0.25, -0.2) is 9.97 Å². The van der Waals surface area contributed by atoms with Gasteiger partial charge in [-0.15, -0.1) is 0 Å². The molecule has 2 heterocycles. The van der Waals surface area contributed by atoms with Crippen LogP contribution in [0.5, 0.6) is 0 Å². The van der Waals surface area contributed by atoms with Crippen molar-refractivity contribution in [1.29, 1.82) is 0 Å². The normalized spacial score (nSPS) is 16.6. The average molecular weight is 263 g/mol. The lowest BCUT2D eigenvalue weighted by molar-refractivity contribution is 0.246. The number of hydrogen-bond acceptors (Lipinski definition) is 5. The lowest BCUT2D eigenvalue weighted by Crippen LogP contribution is -2.46. The van der Waals surface area contributed by atoms with Crippen LogP contribution < -0.4 is 10.2 Å². The van der Waals surface area contributed by atoms with Crippen LogP contribution in [0.3, 0.4) is 0 Å². The van der Waals surface area contributed by atoms with Crippen LogP contribution in [0.4, 0.5) is 5.82 Å². The van der Waals surface area contributed by atoms with Crippen LogP contribution in [0.1, 0.15) is 18.4 Å². The summed E-state index contributed by atoms with van der Waals surface area (Å²) in [5.74, 6) is 1.91. The SMILES string of the molecule is CCc1cc(N(C)CCN2CCNCC2)nc(C)n1. The molecule has 0 amide bonds. The summed E-state index contributed by atoms with van der Waals surface area (Å²) in [5.41, 5.74) is 1.12. The summed E-state index contributed by atoms with van der Waals surface area (Å²) in [7, 11) is 2.11. The molecule has 0 spiro atoms. The minimum atomic E-state index is 0.864. The molecule has 2 rings (SSSR count). The van der Waals surface area contributed by atoms with Gasteiger partial charge in [-0.3, -0.25) is 4.90 Å². The van der Waals surface area contributed by atoms with E-state index in [-0.39, 0.29) is 0 Å². The van der Waals surface area contributed by atoms with E-state index >= 15 is 0 Å². The Kier molecular flexibility index (Phi) is 5.10. The third-order valence-corrected chi connectivity index (χ3v) is 3.59.